The van der Waals surface area contributed by atoms with Gasteiger partial charge in [0.2, 0.25) is 10.0 Å². The SMILES string of the molecule is CC(c1nc(N2CCCCC2)c2ccccc2n1)N1CCN(S(=O)(=O)c2ccc(C(F)(F)F)cc2)CC1. The Hall–Kier alpha value is -2.76. The fourth-order valence-corrected chi connectivity index (χ4v) is 6.49. The third kappa shape index (κ3) is 5.30. The van der Waals surface area contributed by atoms with Crippen molar-refractivity contribution in [3.63, 3.8) is 0 Å². The number of piperidine rings is 1. The van der Waals surface area contributed by atoms with E-state index in [4.69, 9.17) is 9.97 Å². The van der Waals surface area contributed by atoms with Crippen molar-refractivity contribution < 1.29 is 21.6 Å². The Morgan fingerprint density at radius 1 is 0.838 bits per heavy atom. The number of halogens is 3. The van der Waals surface area contributed by atoms with Crippen molar-refractivity contribution in [2.45, 2.75) is 43.3 Å². The first kappa shape index (κ1) is 25.9. The lowest BCUT2D eigenvalue weighted by Gasteiger charge is -2.37. The lowest BCUT2D eigenvalue weighted by Crippen LogP contribution is -2.49. The molecule has 0 amide bonds. The lowest BCUT2D eigenvalue weighted by atomic mass is 10.1. The molecule has 7 nitrogen and oxygen atoms in total. The average molecular weight is 534 g/mol. The monoisotopic (exact) mass is 533 g/mol. The molecule has 0 bridgehead atoms. The Morgan fingerprint density at radius 2 is 1.49 bits per heavy atom. The van der Waals surface area contributed by atoms with Crippen molar-refractivity contribution in [3.8, 4) is 0 Å². The standard InChI is InChI=1S/C26H30F3N5O2S/c1-19(24-30-23-8-4-3-7-22(23)25(31-24)33-13-5-2-6-14-33)32-15-17-34(18-16-32)37(35,36)21-11-9-20(10-12-21)26(27,28)29/h3-4,7-12,19H,2,5-6,13-18H2,1H3. The largest absolute Gasteiger partial charge is 0.416 e. The maximum Gasteiger partial charge on any atom is 0.416 e. The van der Waals surface area contributed by atoms with Crippen LogP contribution in [0.2, 0.25) is 0 Å². The molecular formula is C26H30F3N5O2S. The van der Waals surface area contributed by atoms with E-state index in [-0.39, 0.29) is 24.0 Å². The van der Waals surface area contributed by atoms with Crippen LogP contribution < -0.4 is 4.90 Å². The molecule has 0 radical (unpaired) electrons. The molecule has 3 heterocycles. The number of aromatic nitrogens is 2. The van der Waals surface area contributed by atoms with Crippen molar-refractivity contribution in [1.29, 1.82) is 0 Å². The molecule has 0 spiro atoms. The van der Waals surface area contributed by atoms with Crippen molar-refractivity contribution in [2.24, 2.45) is 0 Å². The van der Waals surface area contributed by atoms with Crippen LogP contribution >= 0.6 is 0 Å². The zero-order valence-corrected chi connectivity index (χ0v) is 21.5. The van der Waals surface area contributed by atoms with E-state index in [1.54, 1.807) is 0 Å². The van der Waals surface area contributed by atoms with Gasteiger partial charge in [0.15, 0.2) is 0 Å². The molecule has 1 unspecified atom stereocenters. The number of alkyl halides is 3. The Labute approximate surface area is 215 Å². The summed E-state index contributed by atoms with van der Waals surface area (Å²) in [5.41, 5.74) is 0.0212. The molecule has 2 aromatic carbocycles. The summed E-state index contributed by atoms with van der Waals surface area (Å²) in [5.74, 6) is 1.66. The number of fused-ring (bicyclic) bond motifs is 1. The molecule has 0 saturated carbocycles. The van der Waals surface area contributed by atoms with Gasteiger partial charge in [-0.3, -0.25) is 4.90 Å². The number of rotatable bonds is 5. The highest BCUT2D eigenvalue weighted by atomic mass is 32.2. The second kappa shape index (κ2) is 10.2. The highest BCUT2D eigenvalue weighted by Crippen LogP contribution is 2.32. The minimum absolute atomic E-state index is 0.121. The van der Waals surface area contributed by atoms with Crippen LogP contribution in [0.15, 0.2) is 53.4 Å². The Morgan fingerprint density at radius 3 is 2.14 bits per heavy atom. The first-order valence-corrected chi connectivity index (χ1v) is 14.0. The van der Waals surface area contributed by atoms with E-state index in [2.05, 4.69) is 15.9 Å². The molecule has 2 aliphatic rings. The summed E-state index contributed by atoms with van der Waals surface area (Å²) in [5, 5.41) is 1.04. The Bertz CT molecular complexity index is 1350. The van der Waals surface area contributed by atoms with E-state index >= 15 is 0 Å². The maximum atomic E-state index is 13.1. The van der Waals surface area contributed by atoms with E-state index in [1.807, 2.05) is 25.1 Å². The van der Waals surface area contributed by atoms with Crippen LogP contribution in [0.5, 0.6) is 0 Å². The van der Waals surface area contributed by atoms with Crippen LogP contribution in [0.25, 0.3) is 10.9 Å². The molecule has 2 aliphatic heterocycles. The second-order valence-electron chi connectivity index (χ2n) is 9.61. The highest BCUT2D eigenvalue weighted by Gasteiger charge is 2.34. The second-order valence-corrected chi connectivity index (χ2v) is 11.5. The molecule has 0 aliphatic carbocycles. The van der Waals surface area contributed by atoms with E-state index < -0.39 is 21.8 Å². The molecule has 2 saturated heterocycles. The summed E-state index contributed by atoms with van der Waals surface area (Å²) in [6, 6.07) is 11.6. The van der Waals surface area contributed by atoms with Gasteiger partial charge in [-0.15, -0.1) is 0 Å². The molecule has 198 valence electrons. The molecule has 2 fully saturated rings. The number of piperazine rings is 1. The van der Waals surface area contributed by atoms with Crippen molar-refractivity contribution in [3.05, 3.63) is 59.9 Å². The Kier molecular flexibility index (Phi) is 7.12. The van der Waals surface area contributed by atoms with E-state index in [0.717, 1.165) is 66.9 Å². The van der Waals surface area contributed by atoms with Gasteiger partial charge in [-0.05, 0) is 62.6 Å². The van der Waals surface area contributed by atoms with E-state index in [0.29, 0.717) is 18.9 Å². The first-order valence-electron chi connectivity index (χ1n) is 12.6. The molecule has 1 aromatic heterocycles. The van der Waals surface area contributed by atoms with Crippen molar-refractivity contribution >= 4 is 26.7 Å². The number of anilines is 1. The van der Waals surface area contributed by atoms with Gasteiger partial charge in [0.1, 0.15) is 11.6 Å². The molecule has 1 atom stereocenters. The molecular weight excluding hydrogens is 503 g/mol. The fourth-order valence-electron chi connectivity index (χ4n) is 5.07. The normalized spacial score (nSPS) is 19.3. The third-order valence-electron chi connectivity index (χ3n) is 7.27. The minimum atomic E-state index is -4.51. The number of nitrogens with zero attached hydrogens (tertiary/aromatic N) is 5. The number of para-hydroxylation sites is 1. The van der Waals surface area contributed by atoms with Gasteiger partial charge in [-0.1, -0.05) is 12.1 Å². The summed E-state index contributed by atoms with van der Waals surface area (Å²) in [7, 11) is -3.89. The molecule has 0 N–H and O–H groups in total. The average Bonchev–Trinajstić information content (AvgIpc) is 2.92. The van der Waals surface area contributed by atoms with Gasteiger partial charge in [0, 0.05) is 44.7 Å². The highest BCUT2D eigenvalue weighted by molar-refractivity contribution is 7.89. The number of hydrogen-bond donors (Lipinski definition) is 0. The zero-order chi connectivity index (χ0) is 26.2. The summed E-state index contributed by atoms with van der Waals surface area (Å²) in [4.78, 5) is 14.2. The van der Waals surface area contributed by atoms with Gasteiger partial charge in [-0.25, -0.2) is 18.4 Å². The Balaban J connectivity index is 1.32. The quantitative estimate of drug-likeness (QED) is 0.473. The van der Waals surface area contributed by atoms with Crippen molar-refractivity contribution in [1.82, 2.24) is 19.2 Å². The topological polar surface area (TPSA) is 69.6 Å². The molecule has 5 rings (SSSR count). The van der Waals surface area contributed by atoms with E-state index in [1.165, 1.54) is 10.7 Å². The van der Waals surface area contributed by atoms with Gasteiger partial charge >= 0.3 is 6.18 Å². The maximum absolute atomic E-state index is 13.1. The number of benzene rings is 2. The molecule has 11 heteroatoms. The minimum Gasteiger partial charge on any atom is -0.356 e. The summed E-state index contributed by atoms with van der Waals surface area (Å²) in [6.45, 7) is 5.38. The van der Waals surface area contributed by atoms with Crippen LogP contribution in [-0.2, 0) is 16.2 Å². The van der Waals surface area contributed by atoms with Gasteiger partial charge in [-0.2, -0.15) is 17.5 Å². The predicted molar refractivity (Wildman–Crippen MR) is 136 cm³/mol. The van der Waals surface area contributed by atoms with Gasteiger partial charge < -0.3 is 4.90 Å². The van der Waals surface area contributed by atoms with Gasteiger partial charge in [0.05, 0.1) is 22.0 Å². The summed E-state index contributed by atoms with van der Waals surface area (Å²) in [6.07, 6.45) is -1.01. The van der Waals surface area contributed by atoms with E-state index in [9.17, 15) is 21.6 Å². The first-order chi connectivity index (χ1) is 17.6. The van der Waals surface area contributed by atoms with Crippen LogP contribution in [0, 0.1) is 0 Å². The van der Waals surface area contributed by atoms with Gasteiger partial charge in [0.25, 0.3) is 0 Å². The summed E-state index contributed by atoms with van der Waals surface area (Å²) < 4.78 is 66.1. The zero-order valence-electron chi connectivity index (χ0n) is 20.7. The predicted octanol–water partition coefficient (Wildman–Crippen LogP) is 4.71. The molecule has 3 aromatic rings. The summed E-state index contributed by atoms with van der Waals surface area (Å²) >= 11 is 0. The molecule has 37 heavy (non-hydrogen) atoms. The van der Waals surface area contributed by atoms with Crippen LogP contribution in [-0.4, -0.2) is 66.9 Å². The number of hydrogen-bond acceptors (Lipinski definition) is 6. The number of sulfonamides is 1. The van der Waals surface area contributed by atoms with Crippen molar-refractivity contribution in [2.75, 3.05) is 44.2 Å². The third-order valence-corrected chi connectivity index (χ3v) is 9.18. The lowest BCUT2D eigenvalue weighted by molar-refractivity contribution is -0.137. The smallest absolute Gasteiger partial charge is 0.356 e. The van der Waals surface area contributed by atoms with Crippen LogP contribution in [0.3, 0.4) is 0 Å². The fraction of sp³-hybridized carbons (Fsp3) is 0.462. The van der Waals surface area contributed by atoms with Crippen LogP contribution in [0.1, 0.15) is 43.6 Å². The van der Waals surface area contributed by atoms with Crippen LogP contribution in [0.4, 0.5) is 19.0 Å².